The van der Waals surface area contributed by atoms with Gasteiger partial charge >= 0.3 is 5.88 Å². The summed E-state index contributed by atoms with van der Waals surface area (Å²) < 4.78 is 4.85. The van der Waals surface area contributed by atoms with E-state index in [1.165, 1.54) is 24.3 Å². The molecule has 27 heavy (non-hydrogen) atoms. The monoisotopic (exact) mass is 385 g/mol. The largest absolute Gasteiger partial charge is 0.433 e. The Kier molecular flexibility index (Phi) is 5.18. The first kappa shape index (κ1) is 18.2. The number of carbonyl (C=O) groups is 2. The Morgan fingerprint density at radius 1 is 0.963 bits per heavy atom. The Morgan fingerprint density at radius 3 is 2.37 bits per heavy atom. The third-order valence-electron chi connectivity index (χ3n) is 3.50. The molecule has 0 saturated carbocycles. The molecule has 8 nitrogen and oxygen atoms in total. The first-order chi connectivity index (χ1) is 12.9. The number of amides is 2. The van der Waals surface area contributed by atoms with Gasteiger partial charge < -0.3 is 15.1 Å². The van der Waals surface area contributed by atoms with Crippen molar-refractivity contribution in [3.05, 3.63) is 87.1 Å². The molecule has 1 heterocycles. The van der Waals surface area contributed by atoms with Crippen LogP contribution in [0.4, 0.5) is 17.3 Å². The number of carbonyl (C=O) groups excluding carboxylic acids is 2. The van der Waals surface area contributed by atoms with E-state index in [9.17, 15) is 19.7 Å². The summed E-state index contributed by atoms with van der Waals surface area (Å²) >= 11 is 6.10. The maximum atomic E-state index is 12.3. The zero-order valence-corrected chi connectivity index (χ0v) is 14.4. The smallest absolute Gasteiger partial charge is 0.395 e. The minimum atomic E-state index is -0.740. The van der Waals surface area contributed by atoms with Crippen LogP contribution in [0.15, 0.2) is 65.1 Å². The predicted molar refractivity (Wildman–Crippen MR) is 99.2 cm³/mol. The van der Waals surface area contributed by atoms with Crippen LogP contribution in [-0.2, 0) is 0 Å². The Hall–Kier alpha value is -3.65. The molecular weight excluding hydrogens is 374 g/mol. The summed E-state index contributed by atoms with van der Waals surface area (Å²) in [4.78, 5) is 34.3. The molecule has 0 aliphatic heterocycles. The molecule has 0 spiro atoms. The highest BCUT2D eigenvalue weighted by Gasteiger charge is 2.18. The van der Waals surface area contributed by atoms with Crippen LogP contribution in [0.1, 0.15) is 20.9 Å². The molecule has 1 aromatic heterocycles. The lowest BCUT2D eigenvalue weighted by atomic mass is 10.2. The number of nitro groups is 1. The van der Waals surface area contributed by atoms with Crippen molar-refractivity contribution in [3.8, 4) is 0 Å². The summed E-state index contributed by atoms with van der Waals surface area (Å²) in [5, 5.41) is 16.1. The zero-order chi connectivity index (χ0) is 19.4. The average molecular weight is 386 g/mol. The topological polar surface area (TPSA) is 114 Å². The first-order valence-electron chi connectivity index (χ1n) is 7.65. The summed E-state index contributed by atoms with van der Waals surface area (Å²) in [5.41, 5.74) is 1.08. The van der Waals surface area contributed by atoms with Crippen LogP contribution in [0.25, 0.3) is 0 Å². The minimum absolute atomic E-state index is 0.216. The molecular formula is C18H12ClN3O5. The van der Waals surface area contributed by atoms with Crippen molar-refractivity contribution >= 4 is 40.7 Å². The second kappa shape index (κ2) is 7.71. The van der Waals surface area contributed by atoms with Crippen molar-refractivity contribution < 1.29 is 18.9 Å². The van der Waals surface area contributed by atoms with E-state index in [-0.39, 0.29) is 16.7 Å². The van der Waals surface area contributed by atoms with Gasteiger partial charge in [0.2, 0.25) is 0 Å². The fraction of sp³-hybridized carbons (Fsp3) is 0. The zero-order valence-electron chi connectivity index (χ0n) is 13.6. The van der Waals surface area contributed by atoms with Crippen molar-refractivity contribution in [1.82, 2.24) is 0 Å². The molecule has 0 radical (unpaired) electrons. The van der Waals surface area contributed by atoms with Gasteiger partial charge in [0.15, 0.2) is 5.76 Å². The fourth-order valence-electron chi connectivity index (χ4n) is 2.22. The SMILES string of the molecule is O=C(Nc1cc(NC(=O)c2ccc([N+](=O)[O-])o2)ccc1Cl)c1ccccc1. The Balaban J connectivity index is 1.75. The van der Waals surface area contributed by atoms with Gasteiger partial charge in [0, 0.05) is 11.3 Å². The van der Waals surface area contributed by atoms with Crippen LogP contribution in [0.3, 0.4) is 0 Å². The molecule has 3 aromatic rings. The van der Waals surface area contributed by atoms with Gasteiger partial charge in [0.05, 0.1) is 16.8 Å². The third kappa shape index (κ3) is 4.31. The van der Waals surface area contributed by atoms with Crippen LogP contribution < -0.4 is 10.6 Å². The van der Waals surface area contributed by atoms with Crippen molar-refractivity contribution in [2.45, 2.75) is 0 Å². The Labute approximate surface area is 157 Å². The van der Waals surface area contributed by atoms with Crippen molar-refractivity contribution in [1.29, 1.82) is 0 Å². The molecule has 0 saturated heterocycles. The Bertz CT molecular complexity index is 1020. The minimum Gasteiger partial charge on any atom is -0.395 e. The van der Waals surface area contributed by atoms with E-state index in [4.69, 9.17) is 16.0 Å². The van der Waals surface area contributed by atoms with Gasteiger partial charge in [-0.1, -0.05) is 29.8 Å². The van der Waals surface area contributed by atoms with Gasteiger partial charge in [-0.3, -0.25) is 19.7 Å². The van der Waals surface area contributed by atoms with E-state index < -0.39 is 16.7 Å². The van der Waals surface area contributed by atoms with E-state index in [0.29, 0.717) is 16.9 Å². The van der Waals surface area contributed by atoms with Crippen LogP contribution >= 0.6 is 11.6 Å². The van der Waals surface area contributed by atoms with Gasteiger partial charge in [-0.25, -0.2) is 0 Å². The molecule has 0 fully saturated rings. The van der Waals surface area contributed by atoms with Gasteiger partial charge in [-0.15, -0.1) is 0 Å². The maximum Gasteiger partial charge on any atom is 0.433 e. The van der Waals surface area contributed by atoms with Gasteiger partial charge in [0.1, 0.15) is 4.92 Å². The number of rotatable bonds is 5. The van der Waals surface area contributed by atoms with Gasteiger partial charge in [-0.05, 0) is 36.4 Å². The number of benzene rings is 2. The van der Waals surface area contributed by atoms with Gasteiger partial charge in [0.25, 0.3) is 11.8 Å². The quantitative estimate of drug-likeness (QED) is 0.500. The highest BCUT2D eigenvalue weighted by molar-refractivity contribution is 6.34. The van der Waals surface area contributed by atoms with Crippen molar-refractivity contribution in [3.63, 3.8) is 0 Å². The molecule has 9 heteroatoms. The molecule has 3 rings (SSSR count). The highest BCUT2D eigenvalue weighted by Crippen LogP contribution is 2.27. The van der Waals surface area contributed by atoms with Crippen LogP contribution in [0.2, 0.25) is 5.02 Å². The second-order valence-electron chi connectivity index (χ2n) is 5.36. The van der Waals surface area contributed by atoms with E-state index in [1.54, 1.807) is 30.3 Å². The molecule has 0 aliphatic carbocycles. The normalized spacial score (nSPS) is 10.3. The Morgan fingerprint density at radius 2 is 1.70 bits per heavy atom. The molecule has 2 aromatic carbocycles. The third-order valence-corrected chi connectivity index (χ3v) is 3.83. The lowest BCUT2D eigenvalue weighted by molar-refractivity contribution is -0.402. The summed E-state index contributed by atoms with van der Waals surface area (Å²) in [6, 6.07) is 15.3. The van der Waals surface area contributed by atoms with Crippen LogP contribution in [0, 0.1) is 10.1 Å². The highest BCUT2D eigenvalue weighted by atomic mass is 35.5. The lowest BCUT2D eigenvalue weighted by Crippen LogP contribution is -2.14. The number of halogens is 1. The predicted octanol–water partition coefficient (Wildman–Crippen LogP) is 4.35. The van der Waals surface area contributed by atoms with E-state index >= 15 is 0 Å². The first-order valence-corrected chi connectivity index (χ1v) is 8.03. The van der Waals surface area contributed by atoms with E-state index in [2.05, 4.69) is 10.6 Å². The molecule has 0 bridgehead atoms. The van der Waals surface area contributed by atoms with E-state index in [0.717, 1.165) is 6.07 Å². The van der Waals surface area contributed by atoms with Crippen LogP contribution in [-0.4, -0.2) is 16.7 Å². The summed E-state index contributed by atoms with van der Waals surface area (Å²) in [6.45, 7) is 0. The van der Waals surface area contributed by atoms with Crippen LogP contribution in [0.5, 0.6) is 0 Å². The van der Waals surface area contributed by atoms with Crippen molar-refractivity contribution in [2.24, 2.45) is 0 Å². The molecule has 2 amide bonds. The van der Waals surface area contributed by atoms with Crippen molar-refractivity contribution in [2.75, 3.05) is 10.6 Å². The number of hydrogen-bond acceptors (Lipinski definition) is 5. The second-order valence-corrected chi connectivity index (χ2v) is 5.77. The molecule has 0 aliphatic rings. The molecule has 2 N–H and O–H groups in total. The average Bonchev–Trinajstić information content (AvgIpc) is 3.16. The summed E-state index contributed by atoms with van der Waals surface area (Å²) in [6.07, 6.45) is 0. The number of nitrogens with one attached hydrogen (secondary N) is 2. The number of furan rings is 1. The number of anilines is 2. The fourth-order valence-corrected chi connectivity index (χ4v) is 2.39. The number of nitrogens with zero attached hydrogens (tertiary/aromatic N) is 1. The molecule has 0 unspecified atom stereocenters. The standard InChI is InChI=1S/C18H12ClN3O5/c19-13-7-6-12(20-18(24)15-8-9-16(27-15)22(25)26)10-14(13)21-17(23)11-4-2-1-3-5-11/h1-10H,(H,20,24)(H,21,23). The molecule has 0 atom stereocenters. The lowest BCUT2D eigenvalue weighted by Gasteiger charge is -2.10. The maximum absolute atomic E-state index is 12.3. The van der Waals surface area contributed by atoms with E-state index in [1.807, 2.05) is 0 Å². The number of hydrogen-bond donors (Lipinski definition) is 2. The van der Waals surface area contributed by atoms with Gasteiger partial charge in [-0.2, -0.15) is 0 Å². The summed E-state index contributed by atoms with van der Waals surface area (Å²) in [7, 11) is 0. The molecule has 136 valence electrons. The summed E-state index contributed by atoms with van der Waals surface area (Å²) in [5.74, 6) is -1.79.